The van der Waals surface area contributed by atoms with Crippen LogP contribution >= 0.6 is 0 Å². The highest BCUT2D eigenvalue weighted by Gasteiger charge is 2.20. The Hall–Kier alpha value is -5.29. The third-order valence-corrected chi connectivity index (χ3v) is 6.81. The van der Waals surface area contributed by atoms with Crippen molar-refractivity contribution in [3.05, 3.63) is 84.8 Å². The molecule has 2 amide bonds. The summed E-state index contributed by atoms with van der Waals surface area (Å²) < 4.78 is 5.56. The number of hydrogen-bond donors (Lipinski definition) is 2. The molecule has 1 aliphatic heterocycles. The van der Waals surface area contributed by atoms with Gasteiger partial charge in [0.25, 0.3) is 0 Å². The standard InChI is InChI=1S/C31H28N8O3/c1-20(40)16-21-2-6-25(7-3-21)35-31(41)36-26-8-4-22(5-9-26)29-37-27-17-24(23-10-11-33-34-19-23)18-32-28(27)30(38-29)39-12-14-42-15-13-39/h2-11,17-19H,12-16H2,1H3,(H2,35,36,41). The fourth-order valence-corrected chi connectivity index (χ4v) is 4.74. The molecule has 2 aromatic carbocycles. The molecule has 42 heavy (non-hydrogen) atoms. The zero-order valence-corrected chi connectivity index (χ0v) is 22.9. The monoisotopic (exact) mass is 560 g/mol. The van der Waals surface area contributed by atoms with E-state index in [2.05, 4.69) is 25.7 Å². The molecule has 4 heterocycles. The predicted molar refractivity (Wildman–Crippen MR) is 160 cm³/mol. The van der Waals surface area contributed by atoms with Crippen molar-refractivity contribution >= 4 is 40.0 Å². The number of rotatable bonds is 7. The van der Waals surface area contributed by atoms with Crippen LogP contribution in [0.2, 0.25) is 0 Å². The van der Waals surface area contributed by atoms with Gasteiger partial charge < -0.3 is 20.3 Å². The van der Waals surface area contributed by atoms with Gasteiger partial charge in [-0.15, -0.1) is 0 Å². The van der Waals surface area contributed by atoms with Crippen LogP contribution < -0.4 is 15.5 Å². The van der Waals surface area contributed by atoms with Crippen LogP contribution in [0.25, 0.3) is 33.5 Å². The van der Waals surface area contributed by atoms with E-state index in [1.165, 1.54) is 0 Å². The second-order valence-electron chi connectivity index (χ2n) is 9.93. The molecule has 0 bridgehead atoms. The van der Waals surface area contributed by atoms with E-state index in [-0.39, 0.29) is 11.8 Å². The summed E-state index contributed by atoms with van der Waals surface area (Å²) in [7, 11) is 0. The van der Waals surface area contributed by atoms with E-state index in [0.29, 0.717) is 55.4 Å². The fourth-order valence-electron chi connectivity index (χ4n) is 4.74. The van der Waals surface area contributed by atoms with Crippen molar-refractivity contribution in [2.24, 2.45) is 0 Å². The number of pyridine rings is 1. The molecule has 5 aromatic rings. The summed E-state index contributed by atoms with van der Waals surface area (Å²) in [4.78, 5) is 40.6. The minimum absolute atomic E-state index is 0.0900. The molecule has 2 N–H and O–H groups in total. The number of carbonyl (C=O) groups is 2. The van der Waals surface area contributed by atoms with Crippen LogP contribution in [0.3, 0.4) is 0 Å². The van der Waals surface area contributed by atoms with E-state index in [1.807, 2.05) is 48.5 Å². The second-order valence-corrected chi connectivity index (χ2v) is 9.93. The first-order valence-electron chi connectivity index (χ1n) is 13.6. The first kappa shape index (κ1) is 26.9. The van der Waals surface area contributed by atoms with Crippen molar-refractivity contribution in [1.82, 2.24) is 25.1 Å². The molecule has 6 rings (SSSR count). The Morgan fingerprint density at radius 3 is 2.21 bits per heavy atom. The van der Waals surface area contributed by atoms with Crippen LogP contribution in [0.1, 0.15) is 12.5 Å². The zero-order valence-electron chi connectivity index (χ0n) is 22.9. The highest BCUT2D eigenvalue weighted by molar-refractivity contribution is 6.00. The molecule has 0 aliphatic carbocycles. The van der Waals surface area contributed by atoms with Gasteiger partial charge >= 0.3 is 6.03 Å². The third-order valence-electron chi connectivity index (χ3n) is 6.81. The van der Waals surface area contributed by atoms with Crippen molar-refractivity contribution < 1.29 is 14.3 Å². The lowest BCUT2D eigenvalue weighted by atomic mass is 10.1. The molecule has 210 valence electrons. The number of nitrogens with one attached hydrogen (secondary N) is 2. The number of nitrogens with zero attached hydrogens (tertiary/aromatic N) is 6. The van der Waals surface area contributed by atoms with Gasteiger partial charge in [0.2, 0.25) is 0 Å². The van der Waals surface area contributed by atoms with Crippen LogP contribution in [-0.2, 0) is 16.0 Å². The zero-order chi connectivity index (χ0) is 28.9. The van der Waals surface area contributed by atoms with E-state index < -0.39 is 0 Å². The van der Waals surface area contributed by atoms with Crippen molar-refractivity contribution in [3.63, 3.8) is 0 Å². The summed E-state index contributed by atoms with van der Waals surface area (Å²) in [6, 6.07) is 18.1. The number of morpholine rings is 1. The third kappa shape index (κ3) is 6.21. The molecule has 3 aromatic heterocycles. The molecular formula is C31H28N8O3. The highest BCUT2D eigenvalue weighted by Crippen LogP contribution is 2.30. The Kier molecular flexibility index (Phi) is 7.73. The molecule has 11 heteroatoms. The number of ketones is 1. The number of urea groups is 1. The maximum atomic E-state index is 12.6. The second kappa shape index (κ2) is 12.1. The largest absolute Gasteiger partial charge is 0.378 e. The average Bonchev–Trinajstić information content (AvgIpc) is 3.02. The Bertz CT molecular complexity index is 1720. The van der Waals surface area contributed by atoms with Gasteiger partial charge in [-0.3, -0.25) is 9.78 Å². The van der Waals surface area contributed by atoms with Gasteiger partial charge in [-0.25, -0.2) is 14.8 Å². The normalized spacial score (nSPS) is 13.1. The number of amides is 2. The average molecular weight is 561 g/mol. The van der Waals surface area contributed by atoms with Crippen molar-refractivity contribution in [2.45, 2.75) is 13.3 Å². The first-order chi connectivity index (χ1) is 20.5. The quantitative estimate of drug-likeness (QED) is 0.289. The predicted octanol–water partition coefficient (Wildman–Crippen LogP) is 4.76. The van der Waals surface area contributed by atoms with Crippen LogP contribution in [0, 0.1) is 0 Å². The number of benzene rings is 2. The number of anilines is 3. The first-order valence-corrected chi connectivity index (χ1v) is 13.6. The smallest absolute Gasteiger partial charge is 0.323 e. The Morgan fingerprint density at radius 2 is 1.55 bits per heavy atom. The molecule has 1 aliphatic rings. The van der Waals surface area contributed by atoms with E-state index in [0.717, 1.165) is 33.6 Å². The number of fused-ring (bicyclic) bond motifs is 1. The van der Waals surface area contributed by atoms with E-state index in [9.17, 15) is 9.59 Å². The lowest BCUT2D eigenvalue weighted by Gasteiger charge is -2.28. The number of carbonyl (C=O) groups excluding carboxylic acids is 2. The van der Waals surface area contributed by atoms with Gasteiger partial charge in [0.15, 0.2) is 11.6 Å². The van der Waals surface area contributed by atoms with Crippen LogP contribution in [0.5, 0.6) is 0 Å². The van der Waals surface area contributed by atoms with Gasteiger partial charge in [0.1, 0.15) is 11.3 Å². The van der Waals surface area contributed by atoms with Gasteiger partial charge in [-0.1, -0.05) is 12.1 Å². The van der Waals surface area contributed by atoms with Crippen LogP contribution in [0.4, 0.5) is 22.0 Å². The summed E-state index contributed by atoms with van der Waals surface area (Å²) in [5.41, 5.74) is 6.16. The summed E-state index contributed by atoms with van der Waals surface area (Å²) >= 11 is 0. The van der Waals surface area contributed by atoms with Gasteiger partial charge in [-0.05, 0) is 61.0 Å². The molecule has 1 saturated heterocycles. The summed E-state index contributed by atoms with van der Waals surface area (Å²) in [6.45, 7) is 4.20. The minimum Gasteiger partial charge on any atom is -0.378 e. The molecule has 0 atom stereocenters. The van der Waals surface area contributed by atoms with E-state index in [4.69, 9.17) is 19.7 Å². The number of ether oxygens (including phenoxy) is 1. The van der Waals surface area contributed by atoms with Crippen molar-refractivity contribution in [2.75, 3.05) is 41.8 Å². The number of Topliss-reactive ketones (excluding diaryl/α,β-unsaturated/α-hetero) is 1. The van der Waals surface area contributed by atoms with Gasteiger partial charge in [0.05, 0.1) is 31.1 Å². The number of hydrogen-bond acceptors (Lipinski definition) is 9. The SMILES string of the molecule is CC(=O)Cc1ccc(NC(=O)Nc2ccc(-c3nc(N4CCOCC4)c4ncc(-c5ccnnc5)cc4n3)cc2)cc1. The number of aromatic nitrogens is 5. The summed E-state index contributed by atoms with van der Waals surface area (Å²) in [5.74, 6) is 1.40. The summed E-state index contributed by atoms with van der Waals surface area (Å²) in [5, 5.41) is 13.5. The van der Waals surface area contributed by atoms with Crippen LogP contribution in [-0.4, -0.2) is 63.3 Å². The van der Waals surface area contributed by atoms with E-state index in [1.54, 1.807) is 37.6 Å². The molecular weight excluding hydrogens is 532 g/mol. The molecule has 0 radical (unpaired) electrons. The molecule has 11 nitrogen and oxygen atoms in total. The minimum atomic E-state index is -0.372. The van der Waals surface area contributed by atoms with Gasteiger partial charge in [0, 0.05) is 53.8 Å². The lowest BCUT2D eigenvalue weighted by molar-refractivity contribution is -0.116. The van der Waals surface area contributed by atoms with Crippen molar-refractivity contribution in [1.29, 1.82) is 0 Å². The Morgan fingerprint density at radius 1 is 0.833 bits per heavy atom. The Labute approximate surface area is 242 Å². The van der Waals surface area contributed by atoms with Crippen LogP contribution in [0.15, 0.2) is 79.3 Å². The van der Waals surface area contributed by atoms with Crippen molar-refractivity contribution in [3.8, 4) is 22.5 Å². The Balaban J connectivity index is 1.24. The highest BCUT2D eigenvalue weighted by atomic mass is 16.5. The molecule has 1 fully saturated rings. The van der Waals surface area contributed by atoms with Gasteiger partial charge in [-0.2, -0.15) is 10.2 Å². The maximum absolute atomic E-state index is 12.6. The molecule has 0 spiro atoms. The lowest BCUT2D eigenvalue weighted by Crippen LogP contribution is -2.37. The fraction of sp³-hybridized carbons (Fsp3) is 0.194. The molecule has 0 saturated carbocycles. The summed E-state index contributed by atoms with van der Waals surface area (Å²) in [6.07, 6.45) is 5.51. The maximum Gasteiger partial charge on any atom is 0.323 e. The molecule has 0 unspecified atom stereocenters. The topological polar surface area (TPSA) is 135 Å². The van der Waals surface area contributed by atoms with E-state index >= 15 is 0 Å².